The number of amides is 2. The van der Waals surface area contributed by atoms with Crippen LogP contribution in [0.1, 0.15) is 0 Å². The Labute approximate surface area is 118 Å². The molecule has 9 nitrogen and oxygen atoms in total. The van der Waals surface area contributed by atoms with Gasteiger partial charge >= 0.3 is 117 Å². The average Bonchev–Trinajstić information content (AvgIpc) is 2.51. The molecule has 0 bridgehead atoms. The van der Waals surface area contributed by atoms with Gasteiger partial charge in [0.25, 0.3) is 0 Å². The van der Waals surface area contributed by atoms with Crippen molar-refractivity contribution < 1.29 is 35.4 Å². The van der Waals surface area contributed by atoms with Gasteiger partial charge in [0.1, 0.15) is 0 Å². The van der Waals surface area contributed by atoms with Crippen molar-refractivity contribution in [2.45, 2.75) is 0 Å². The fraction of sp³-hybridized carbons (Fsp3) is 0.889. The van der Waals surface area contributed by atoms with Gasteiger partial charge < -0.3 is 0 Å². The normalized spacial score (nSPS) is 13.9. The number of hydrogen-bond acceptors (Lipinski definition) is 7. The standard InChI is InChI=1S/C9H26N2O7P2/c12-3-19(4-13,5-14)1-10-9(18)11-2-20(6-15,7-16)8-17/h12-17,19-20H,1-8H2,(H2,10,11,18). The Bertz CT molecular complexity index is 245. The van der Waals surface area contributed by atoms with Gasteiger partial charge in [-0.25, -0.2) is 0 Å². The second-order valence-electron chi connectivity index (χ2n) is 4.98. The topological polar surface area (TPSA) is 163 Å². The van der Waals surface area contributed by atoms with Crippen LogP contribution < -0.4 is 10.6 Å². The van der Waals surface area contributed by atoms with E-state index in [1.165, 1.54) is 0 Å². The molecule has 8 N–H and O–H groups in total. The predicted molar refractivity (Wildman–Crippen MR) is 80.5 cm³/mol. The molecule has 0 fully saturated rings. The molecule has 0 aliphatic carbocycles. The van der Waals surface area contributed by atoms with Crippen LogP contribution in [0.25, 0.3) is 0 Å². The van der Waals surface area contributed by atoms with Crippen LogP contribution in [0, 0.1) is 0 Å². The summed E-state index contributed by atoms with van der Waals surface area (Å²) >= 11 is 0. The Morgan fingerprint density at radius 2 is 0.900 bits per heavy atom. The Kier molecular flexibility index (Phi) is 9.71. The van der Waals surface area contributed by atoms with Crippen LogP contribution in [0.3, 0.4) is 0 Å². The number of rotatable bonds is 10. The van der Waals surface area contributed by atoms with Gasteiger partial charge in [0.15, 0.2) is 0 Å². The fourth-order valence-corrected chi connectivity index (χ4v) is 3.58. The summed E-state index contributed by atoms with van der Waals surface area (Å²) < 4.78 is 0. The molecule has 0 saturated heterocycles. The molecule has 0 saturated carbocycles. The minimum absolute atomic E-state index is 0.00569. The molecule has 0 atom stereocenters. The molecule has 0 aromatic heterocycles. The van der Waals surface area contributed by atoms with Gasteiger partial charge in [-0.15, -0.1) is 0 Å². The molecule has 11 heteroatoms. The molecule has 124 valence electrons. The van der Waals surface area contributed by atoms with Crippen molar-refractivity contribution in [3.05, 3.63) is 0 Å². The molecule has 20 heavy (non-hydrogen) atoms. The van der Waals surface area contributed by atoms with Gasteiger partial charge in [-0.1, -0.05) is 0 Å². The number of carbonyl (C=O) groups excluding carboxylic acids is 1. The number of urea groups is 1. The third kappa shape index (κ3) is 5.71. The van der Waals surface area contributed by atoms with Crippen LogP contribution in [0.15, 0.2) is 0 Å². The van der Waals surface area contributed by atoms with Crippen molar-refractivity contribution in [2.75, 3.05) is 50.7 Å². The van der Waals surface area contributed by atoms with Crippen molar-refractivity contribution in [1.29, 1.82) is 0 Å². The van der Waals surface area contributed by atoms with Crippen LogP contribution >= 0.6 is 14.5 Å². The van der Waals surface area contributed by atoms with Crippen LogP contribution in [0.5, 0.6) is 0 Å². The second-order valence-corrected chi connectivity index (χ2v) is 13.6. The molecule has 0 rings (SSSR count). The summed E-state index contributed by atoms with van der Waals surface area (Å²) in [5.74, 6) is 0. The van der Waals surface area contributed by atoms with E-state index < -0.39 is 20.6 Å². The molecular weight excluding hydrogens is 310 g/mol. The zero-order chi connectivity index (χ0) is 15.6. The van der Waals surface area contributed by atoms with E-state index in [0.717, 1.165) is 0 Å². The van der Waals surface area contributed by atoms with Crippen LogP contribution in [-0.2, 0) is 0 Å². The van der Waals surface area contributed by atoms with Crippen molar-refractivity contribution in [2.24, 2.45) is 0 Å². The number of hydrogen-bond donors (Lipinski definition) is 8. The first-order valence-electron chi connectivity index (χ1n) is 6.14. The van der Waals surface area contributed by atoms with Gasteiger partial charge in [-0.3, -0.25) is 0 Å². The van der Waals surface area contributed by atoms with E-state index in [0.29, 0.717) is 0 Å². The number of carbonyl (C=O) groups is 1. The van der Waals surface area contributed by atoms with E-state index in [1.54, 1.807) is 0 Å². The van der Waals surface area contributed by atoms with Crippen LogP contribution in [0.2, 0.25) is 0 Å². The third-order valence-corrected chi connectivity index (χ3v) is 9.14. The summed E-state index contributed by atoms with van der Waals surface area (Å²) in [4.78, 5) is 11.6. The average molecular weight is 336 g/mol. The van der Waals surface area contributed by atoms with E-state index in [9.17, 15) is 4.79 Å². The first kappa shape index (κ1) is 19.9. The SMILES string of the molecule is O=C(NC[PH](CO)(CO)CO)NC[PH](CO)(CO)CO. The van der Waals surface area contributed by atoms with Gasteiger partial charge in [0.2, 0.25) is 0 Å². The molecule has 2 amide bonds. The molecule has 0 aliphatic heterocycles. The van der Waals surface area contributed by atoms with E-state index in [4.69, 9.17) is 30.6 Å². The van der Waals surface area contributed by atoms with Gasteiger partial charge in [-0.2, -0.15) is 0 Å². The summed E-state index contributed by atoms with van der Waals surface area (Å²) in [5, 5.41) is 59.7. The quantitative estimate of drug-likeness (QED) is 0.203. The fourth-order valence-electron chi connectivity index (χ4n) is 1.23. The summed E-state index contributed by atoms with van der Waals surface area (Å²) in [6, 6.07) is -0.607. The third-order valence-electron chi connectivity index (χ3n) is 3.26. The maximum atomic E-state index is 11.6. The van der Waals surface area contributed by atoms with E-state index in [1.807, 2.05) is 0 Å². The van der Waals surface area contributed by atoms with Crippen molar-refractivity contribution in [3.8, 4) is 0 Å². The first-order chi connectivity index (χ1) is 9.46. The van der Waals surface area contributed by atoms with Crippen molar-refractivity contribution in [1.82, 2.24) is 10.6 Å². The molecule has 0 aromatic carbocycles. The van der Waals surface area contributed by atoms with Crippen LogP contribution in [-0.4, -0.2) is 87.3 Å². The second kappa shape index (κ2) is 9.76. The Hall–Kier alpha value is -0.110. The zero-order valence-corrected chi connectivity index (χ0v) is 13.2. The van der Waals surface area contributed by atoms with E-state index >= 15 is 0 Å². The van der Waals surface area contributed by atoms with Gasteiger partial charge in [-0.05, 0) is 0 Å². The number of aliphatic hydroxyl groups excluding tert-OH is 6. The molecular formula is C9H26N2O7P2. The first-order valence-corrected chi connectivity index (χ1v) is 11.8. The number of aliphatic hydroxyl groups is 6. The monoisotopic (exact) mass is 336 g/mol. The maximum absolute atomic E-state index is 11.6. The van der Waals surface area contributed by atoms with Gasteiger partial charge in [0, 0.05) is 0 Å². The van der Waals surface area contributed by atoms with Crippen molar-refractivity contribution in [3.63, 3.8) is 0 Å². The molecule has 0 aromatic rings. The molecule has 0 heterocycles. The summed E-state index contributed by atoms with van der Waals surface area (Å²) in [5.41, 5.74) is 0. The van der Waals surface area contributed by atoms with E-state index in [2.05, 4.69) is 10.6 Å². The van der Waals surface area contributed by atoms with E-state index in [-0.39, 0.29) is 50.7 Å². The zero-order valence-electron chi connectivity index (χ0n) is 11.2. The summed E-state index contributed by atoms with van der Waals surface area (Å²) in [6.07, 6.45) is -2.16. The Balaban J connectivity index is 4.30. The van der Waals surface area contributed by atoms with Gasteiger partial charge in [0.05, 0.1) is 0 Å². The Morgan fingerprint density at radius 3 is 1.10 bits per heavy atom. The van der Waals surface area contributed by atoms with Crippen LogP contribution in [0.4, 0.5) is 4.79 Å². The number of nitrogens with one attached hydrogen (secondary N) is 2. The summed E-state index contributed by atoms with van der Waals surface area (Å²) in [7, 11) is -5.44. The Morgan fingerprint density at radius 1 is 0.650 bits per heavy atom. The minimum atomic E-state index is -2.72. The van der Waals surface area contributed by atoms with Crippen molar-refractivity contribution >= 4 is 20.6 Å². The molecule has 0 aliphatic rings. The summed E-state index contributed by atoms with van der Waals surface area (Å²) in [6.45, 7) is 0. The molecule has 0 spiro atoms. The molecule has 0 unspecified atom stereocenters. The predicted octanol–water partition coefficient (Wildman–Crippen LogP) is -2.60. The molecule has 0 radical (unpaired) electrons.